The van der Waals surface area contributed by atoms with Gasteiger partial charge in [-0.15, -0.1) is 12.6 Å². The molecule has 0 fully saturated rings. The Balaban J connectivity index is 1.88. The van der Waals surface area contributed by atoms with Crippen LogP contribution in [0.4, 0.5) is 17.1 Å². The van der Waals surface area contributed by atoms with Crippen molar-refractivity contribution in [3.63, 3.8) is 0 Å². The number of hydrogen-bond donors (Lipinski definition) is 3. The van der Waals surface area contributed by atoms with Gasteiger partial charge in [0.2, 0.25) is 0 Å². The molecule has 2 N–H and O–H groups in total. The van der Waals surface area contributed by atoms with Crippen LogP contribution >= 0.6 is 24.2 Å². The van der Waals surface area contributed by atoms with Gasteiger partial charge in [0, 0.05) is 22.7 Å². The normalized spacial score (nSPS) is 11.0. The van der Waals surface area contributed by atoms with Crippen LogP contribution in [0, 0.1) is 10.1 Å². The second-order valence-electron chi connectivity index (χ2n) is 6.94. The number of esters is 1. The first-order chi connectivity index (χ1) is 16.7. The van der Waals surface area contributed by atoms with Crippen LogP contribution in [0.2, 0.25) is 5.02 Å². The van der Waals surface area contributed by atoms with Gasteiger partial charge in [-0.3, -0.25) is 14.9 Å². The van der Waals surface area contributed by atoms with Gasteiger partial charge in [0.05, 0.1) is 28.3 Å². The maximum atomic E-state index is 12.6. The minimum absolute atomic E-state index is 0.0497. The fourth-order valence-corrected chi connectivity index (χ4v) is 3.33. The van der Waals surface area contributed by atoms with E-state index in [4.69, 9.17) is 21.1 Å². The van der Waals surface area contributed by atoms with E-state index < -0.39 is 16.9 Å². The third-order valence-corrected chi connectivity index (χ3v) is 5.19. The first-order valence-corrected chi connectivity index (χ1v) is 10.7. The molecule has 180 valence electrons. The Bertz CT molecular complexity index is 1300. The van der Waals surface area contributed by atoms with Gasteiger partial charge in [0.1, 0.15) is 23.8 Å². The third-order valence-electron chi connectivity index (χ3n) is 4.52. The first-order valence-electron chi connectivity index (χ1n) is 9.86. The number of rotatable bonds is 8. The van der Waals surface area contributed by atoms with E-state index in [0.29, 0.717) is 11.4 Å². The molecule has 35 heavy (non-hydrogen) atoms. The van der Waals surface area contributed by atoms with E-state index in [1.165, 1.54) is 43.5 Å². The topological polar surface area (TPSA) is 140 Å². The van der Waals surface area contributed by atoms with Crippen LogP contribution < -0.4 is 14.8 Å². The van der Waals surface area contributed by atoms with E-state index in [2.05, 4.69) is 22.9 Å². The molecular weight excluding hydrogens is 498 g/mol. The molecule has 0 aliphatic rings. The molecule has 3 rings (SSSR count). The number of aromatic carboxylic acids is 1. The third kappa shape index (κ3) is 6.95. The van der Waals surface area contributed by atoms with Gasteiger partial charge in [0.15, 0.2) is 0 Å². The number of thiol groups is 1. The zero-order valence-electron chi connectivity index (χ0n) is 18.1. The van der Waals surface area contributed by atoms with Crippen molar-refractivity contribution in [3.8, 4) is 11.5 Å². The first kappa shape index (κ1) is 25.5. The number of ether oxygens (including phenoxy) is 2. The molecule has 0 aliphatic heterocycles. The number of hydrogen-bond acceptors (Lipinski definition) is 8. The monoisotopic (exact) mass is 515 g/mol. The number of nitrogens with zero attached hydrogens (tertiary/aromatic N) is 2. The summed E-state index contributed by atoms with van der Waals surface area (Å²) in [5.41, 5.74) is 0.526. The molecule has 12 heteroatoms. The number of nitro groups is 1. The molecule has 0 aromatic heterocycles. The summed E-state index contributed by atoms with van der Waals surface area (Å²) in [5.74, 6) is -1.03. The van der Waals surface area contributed by atoms with E-state index in [1.54, 1.807) is 24.3 Å². The van der Waals surface area contributed by atoms with Crippen molar-refractivity contribution in [3.05, 3.63) is 81.4 Å². The highest BCUT2D eigenvalue weighted by atomic mass is 35.5. The predicted octanol–water partition coefficient (Wildman–Crippen LogP) is 5.38. The van der Waals surface area contributed by atoms with Gasteiger partial charge in [-0.25, -0.2) is 9.79 Å². The van der Waals surface area contributed by atoms with E-state index in [1.807, 2.05) is 0 Å². The summed E-state index contributed by atoms with van der Waals surface area (Å²) < 4.78 is 10.4. The lowest BCUT2D eigenvalue weighted by Gasteiger charge is -2.12. The molecule has 0 atom stereocenters. The Morgan fingerprint density at radius 2 is 1.74 bits per heavy atom. The van der Waals surface area contributed by atoms with Crippen molar-refractivity contribution >= 4 is 59.1 Å². The number of non-ortho nitro benzene ring substituents is 1. The Hall–Kier alpha value is -4.09. The summed E-state index contributed by atoms with van der Waals surface area (Å²) in [6.07, 6.45) is -0.325. The Kier molecular flexibility index (Phi) is 8.29. The van der Waals surface area contributed by atoms with Crippen molar-refractivity contribution in [1.29, 1.82) is 0 Å². The van der Waals surface area contributed by atoms with Crippen LogP contribution in [-0.2, 0) is 4.79 Å². The average Bonchev–Trinajstić information content (AvgIpc) is 2.81. The molecular formula is C23H18ClN3O7S. The molecule has 0 bridgehead atoms. The molecule has 0 amide bonds. The van der Waals surface area contributed by atoms with Crippen LogP contribution in [0.25, 0.3) is 0 Å². The Labute approximate surface area is 209 Å². The van der Waals surface area contributed by atoms with Crippen molar-refractivity contribution in [2.24, 2.45) is 4.99 Å². The van der Waals surface area contributed by atoms with Gasteiger partial charge >= 0.3 is 11.9 Å². The number of carbonyl (C=O) groups excluding carboxylic acids is 1. The molecule has 0 aliphatic carbocycles. The number of nitro benzene ring substituents is 1. The number of carboxylic acids is 1. The van der Waals surface area contributed by atoms with Crippen LogP contribution in [-0.4, -0.2) is 34.9 Å². The molecule has 3 aromatic carbocycles. The maximum Gasteiger partial charge on any atom is 0.337 e. The maximum absolute atomic E-state index is 12.6. The number of amidine groups is 1. The fourth-order valence-electron chi connectivity index (χ4n) is 2.84. The molecule has 3 aromatic rings. The van der Waals surface area contributed by atoms with Crippen LogP contribution in [0.15, 0.2) is 70.6 Å². The minimum Gasteiger partial charge on any atom is -0.497 e. The number of carboxylic acid groups (broad SMARTS) is 1. The molecule has 10 nitrogen and oxygen atoms in total. The van der Waals surface area contributed by atoms with Crippen molar-refractivity contribution in [2.75, 3.05) is 12.4 Å². The summed E-state index contributed by atoms with van der Waals surface area (Å²) in [4.78, 5) is 38.8. The number of carbonyl (C=O) groups is 2. The molecule has 0 unspecified atom stereocenters. The summed E-state index contributed by atoms with van der Waals surface area (Å²) in [6.45, 7) is 0. The van der Waals surface area contributed by atoms with Gasteiger partial charge in [-0.05, 0) is 48.5 Å². The van der Waals surface area contributed by atoms with E-state index in [-0.39, 0.29) is 44.9 Å². The zero-order chi connectivity index (χ0) is 25.5. The summed E-state index contributed by atoms with van der Waals surface area (Å²) in [5, 5.41) is 23.0. The van der Waals surface area contributed by atoms with E-state index in [9.17, 15) is 24.8 Å². The van der Waals surface area contributed by atoms with Crippen LogP contribution in [0.5, 0.6) is 11.5 Å². The highest BCUT2D eigenvalue weighted by molar-refractivity contribution is 7.80. The summed E-state index contributed by atoms with van der Waals surface area (Å²) in [7, 11) is 1.53. The quantitative estimate of drug-likeness (QED) is 0.0690. The smallest absolute Gasteiger partial charge is 0.337 e. The number of nitrogens with one attached hydrogen (secondary N) is 1. The largest absolute Gasteiger partial charge is 0.497 e. The number of aliphatic imine (C=N–C) groups is 1. The summed E-state index contributed by atoms with van der Waals surface area (Å²) >= 11 is 10.4. The number of methoxy groups -OCH3 is 1. The van der Waals surface area contributed by atoms with Crippen molar-refractivity contribution in [2.45, 2.75) is 11.3 Å². The predicted molar refractivity (Wildman–Crippen MR) is 133 cm³/mol. The molecule has 0 saturated heterocycles. The van der Waals surface area contributed by atoms with Gasteiger partial charge < -0.3 is 19.9 Å². The number of anilines is 1. The number of halogens is 1. The lowest BCUT2D eigenvalue weighted by atomic mass is 10.2. The fraction of sp³-hybridized carbons (Fsp3) is 0.0870. The van der Waals surface area contributed by atoms with E-state index in [0.717, 1.165) is 0 Å². The van der Waals surface area contributed by atoms with Gasteiger partial charge in [0.25, 0.3) is 5.69 Å². The lowest BCUT2D eigenvalue weighted by molar-refractivity contribution is -0.384. The molecule has 0 heterocycles. The second-order valence-corrected chi connectivity index (χ2v) is 7.83. The van der Waals surface area contributed by atoms with Crippen molar-refractivity contribution < 1.29 is 29.1 Å². The van der Waals surface area contributed by atoms with Gasteiger partial charge in [-0.1, -0.05) is 11.6 Å². The summed E-state index contributed by atoms with van der Waals surface area (Å²) in [6, 6.07) is 14.4. The van der Waals surface area contributed by atoms with E-state index >= 15 is 0 Å². The zero-order valence-corrected chi connectivity index (χ0v) is 19.7. The number of benzene rings is 3. The Morgan fingerprint density at radius 3 is 2.31 bits per heavy atom. The van der Waals surface area contributed by atoms with Crippen molar-refractivity contribution in [1.82, 2.24) is 0 Å². The molecule has 0 saturated carbocycles. The highest BCUT2D eigenvalue weighted by Gasteiger charge is 2.16. The average molecular weight is 516 g/mol. The molecule has 0 spiro atoms. The highest BCUT2D eigenvalue weighted by Crippen LogP contribution is 2.31. The lowest BCUT2D eigenvalue weighted by Crippen LogP contribution is -2.20. The van der Waals surface area contributed by atoms with Crippen LogP contribution in [0.3, 0.4) is 0 Å². The van der Waals surface area contributed by atoms with Crippen LogP contribution in [0.1, 0.15) is 16.8 Å². The standard InChI is InChI=1S/C23H18ClN3O7S/c1-33-15-6-2-13(3-7-15)25-21(26-19-11-18(24)17(23(29)30)10-20(19)35)12-22(28)34-16-8-4-14(5-9-16)27(31)32/h2-11,35H,12H2,1H3,(H,25,26)(H,29,30). The minimum atomic E-state index is -1.22. The SMILES string of the molecule is COc1ccc(NC(CC(=O)Oc2ccc([N+](=O)[O-])cc2)=Nc2cc(Cl)c(C(=O)O)cc2S)cc1. The van der Waals surface area contributed by atoms with Gasteiger partial charge in [-0.2, -0.15) is 0 Å². The second kappa shape index (κ2) is 11.4. The molecule has 0 radical (unpaired) electrons. The Morgan fingerprint density at radius 1 is 1.11 bits per heavy atom.